The minimum atomic E-state index is -0.308. The molecule has 0 bridgehead atoms. The lowest BCUT2D eigenvalue weighted by molar-refractivity contribution is -0.152. The molecule has 0 N–H and O–H groups in total. The van der Waals surface area contributed by atoms with Gasteiger partial charge in [-0.15, -0.1) is 0 Å². The van der Waals surface area contributed by atoms with E-state index in [0.29, 0.717) is 13.0 Å². The van der Waals surface area contributed by atoms with Crippen molar-refractivity contribution in [1.82, 2.24) is 4.90 Å². The van der Waals surface area contributed by atoms with Gasteiger partial charge < -0.3 is 9.64 Å². The highest BCUT2D eigenvalue weighted by molar-refractivity contribution is 5.77. The van der Waals surface area contributed by atoms with E-state index in [-0.39, 0.29) is 18.0 Å². The van der Waals surface area contributed by atoms with Crippen molar-refractivity contribution in [2.24, 2.45) is 0 Å². The van der Waals surface area contributed by atoms with Gasteiger partial charge in [0.05, 0.1) is 6.42 Å². The van der Waals surface area contributed by atoms with Crippen molar-refractivity contribution in [1.29, 1.82) is 0 Å². The molecule has 1 atom stereocenters. The number of hydrogen-bond acceptors (Lipinski definition) is 3. The van der Waals surface area contributed by atoms with Crippen LogP contribution < -0.4 is 0 Å². The van der Waals surface area contributed by atoms with E-state index < -0.39 is 0 Å². The molecular formula is C8H13NO3. The fraction of sp³-hybridized carbons (Fsp3) is 0.750. The summed E-state index contributed by atoms with van der Waals surface area (Å²) in [6.07, 6.45) is 0.879. The summed E-state index contributed by atoms with van der Waals surface area (Å²) < 4.78 is 4.92. The second kappa shape index (κ2) is 3.56. The molecule has 12 heavy (non-hydrogen) atoms. The molecule has 0 spiro atoms. The van der Waals surface area contributed by atoms with Crippen molar-refractivity contribution >= 4 is 11.9 Å². The summed E-state index contributed by atoms with van der Waals surface area (Å²) in [5.41, 5.74) is 0. The zero-order chi connectivity index (χ0) is 9.14. The lowest BCUT2D eigenvalue weighted by Crippen LogP contribution is -2.39. The molecule has 68 valence electrons. The van der Waals surface area contributed by atoms with Gasteiger partial charge in [-0.1, -0.05) is 0 Å². The van der Waals surface area contributed by atoms with Gasteiger partial charge in [0.1, 0.15) is 6.10 Å². The van der Waals surface area contributed by atoms with Crippen molar-refractivity contribution in [2.75, 3.05) is 13.6 Å². The predicted molar refractivity (Wildman–Crippen MR) is 42.4 cm³/mol. The van der Waals surface area contributed by atoms with Crippen molar-refractivity contribution in [3.05, 3.63) is 0 Å². The van der Waals surface area contributed by atoms with Crippen LogP contribution in [0.5, 0.6) is 0 Å². The van der Waals surface area contributed by atoms with Crippen molar-refractivity contribution in [3.8, 4) is 0 Å². The van der Waals surface area contributed by atoms with Gasteiger partial charge >= 0.3 is 5.97 Å². The highest BCUT2D eigenvalue weighted by Gasteiger charge is 2.24. The highest BCUT2D eigenvalue weighted by atomic mass is 16.5. The van der Waals surface area contributed by atoms with Gasteiger partial charge in [0.25, 0.3) is 0 Å². The third-order valence-corrected chi connectivity index (χ3v) is 1.95. The molecule has 4 heteroatoms. The van der Waals surface area contributed by atoms with E-state index in [2.05, 4.69) is 0 Å². The van der Waals surface area contributed by atoms with Crippen LogP contribution >= 0.6 is 0 Å². The molecule has 1 aliphatic heterocycles. The van der Waals surface area contributed by atoms with Crippen LogP contribution in [-0.2, 0) is 14.3 Å². The number of carbonyl (C=O) groups is 2. The lowest BCUT2D eigenvalue weighted by atomic mass is 10.1. The van der Waals surface area contributed by atoms with Crippen molar-refractivity contribution < 1.29 is 14.3 Å². The van der Waals surface area contributed by atoms with Crippen LogP contribution in [0.4, 0.5) is 0 Å². The topological polar surface area (TPSA) is 46.6 Å². The van der Waals surface area contributed by atoms with Gasteiger partial charge in [0.2, 0.25) is 5.91 Å². The molecule has 0 aromatic carbocycles. The maximum absolute atomic E-state index is 11.1. The summed E-state index contributed by atoms with van der Waals surface area (Å²) in [7, 11) is 1.76. The van der Waals surface area contributed by atoms with Crippen LogP contribution in [0, 0.1) is 0 Å². The number of amides is 1. The Morgan fingerprint density at radius 1 is 1.67 bits per heavy atom. The van der Waals surface area contributed by atoms with Gasteiger partial charge in [-0.3, -0.25) is 9.59 Å². The smallest absolute Gasteiger partial charge is 0.302 e. The number of ether oxygens (including phenoxy) is 1. The first-order valence-electron chi connectivity index (χ1n) is 4.01. The molecule has 0 aliphatic carbocycles. The molecule has 0 aromatic heterocycles. The molecule has 0 saturated carbocycles. The Labute approximate surface area is 71.5 Å². The predicted octanol–water partition coefficient (Wildman–Crippen LogP) is 0.170. The van der Waals surface area contributed by atoms with Gasteiger partial charge in [-0.05, 0) is 0 Å². The monoisotopic (exact) mass is 171 g/mol. The molecule has 1 heterocycles. The second-order valence-corrected chi connectivity index (χ2v) is 3.04. The standard InChI is InChI=1S/C8H13NO3/c1-6(10)12-7-3-4-9(2)8(11)5-7/h7H,3-5H2,1-2H3. The van der Waals surface area contributed by atoms with E-state index in [9.17, 15) is 9.59 Å². The summed E-state index contributed by atoms with van der Waals surface area (Å²) in [4.78, 5) is 23.3. The molecule has 1 aliphatic rings. The van der Waals surface area contributed by atoms with Crippen LogP contribution in [0.25, 0.3) is 0 Å². The summed E-state index contributed by atoms with van der Waals surface area (Å²) >= 11 is 0. The number of piperidine rings is 1. The van der Waals surface area contributed by atoms with E-state index >= 15 is 0 Å². The Morgan fingerprint density at radius 2 is 2.33 bits per heavy atom. The Kier molecular flexibility index (Phi) is 2.68. The van der Waals surface area contributed by atoms with Gasteiger partial charge in [-0.25, -0.2) is 0 Å². The normalized spacial score (nSPS) is 24.0. The maximum Gasteiger partial charge on any atom is 0.302 e. The summed E-state index contributed by atoms with van der Waals surface area (Å²) in [6.45, 7) is 2.04. The fourth-order valence-corrected chi connectivity index (χ4v) is 1.25. The van der Waals surface area contributed by atoms with E-state index in [4.69, 9.17) is 4.74 Å². The van der Waals surface area contributed by atoms with Gasteiger partial charge in [0.15, 0.2) is 0 Å². The first-order chi connectivity index (χ1) is 5.59. The summed E-state index contributed by atoms with van der Waals surface area (Å²) in [6, 6.07) is 0. The minimum Gasteiger partial charge on any atom is -0.462 e. The second-order valence-electron chi connectivity index (χ2n) is 3.04. The zero-order valence-corrected chi connectivity index (χ0v) is 7.37. The van der Waals surface area contributed by atoms with E-state index in [1.807, 2.05) is 0 Å². The van der Waals surface area contributed by atoms with E-state index in [0.717, 1.165) is 6.42 Å². The molecule has 1 saturated heterocycles. The molecule has 1 rings (SSSR count). The molecule has 0 aromatic rings. The average molecular weight is 171 g/mol. The third-order valence-electron chi connectivity index (χ3n) is 1.95. The van der Waals surface area contributed by atoms with Crippen molar-refractivity contribution in [3.63, 3.8) is 0 Å². The van der Waals surface area contributed by atoms with Gasteiger partial charge in [-0.2, -0.15) is 0 Å². The molecule has 1 fully saturated rings. The molecule has 1 amide bonds. The van der Waals surface area contributed by atoms with Crippen LogP contribution in [0.2, 0.25) is 0 Å². The zero-order valence-electron chi connectivity index (χ0n) is 7.37. The molecule has 1 unspecified atom stereocenters. The van der Waals surface area contributed by atoms with Crippen LogP contribution in [0.3, 0.4) is 0 Å². The Bertz CT molecular complexity index is 202. The minimum absolute atomic E-state index is 0.0486. The number of carbonyl (C=O) groups excluding carboxylic acids is 2. The lowest BCUT2D eigenvalue weighted by Gasteiger charge is -2.27. The number of nitrogens with zero attached hydrogens (tertiary/aromatic N) is 1. The first kappa shape index (κ1) is 9.03. The molecular weight excluding hydrogens is 158 g/mol. The van der Waals surface area contributed by atoms with Crippen LogP contribution in [0.15, 0.2) is 0 Å². The quantitative estimate of drug-likeness (QED) is 0.528. The summed E-state index contributed by atoms with van der Waals surface area (Å²) in [5, 5.41) is 0. The Hall–Kier alpha value is -1.06. The molecule has 0 radical (unpaired) electrons. The van der Waals surface area contributed by atoms with Crippen molar-refractivity contribution in [2.45, 2.75) is 25.9 Å². The number of hydrogen-bond donors (Lipinski definition) is 0. The molecule has 4 nitrogen and oxygen atoms in total. The summed E-state index contributed by atoms with van der Waals surface area (Å²) in [5.74, 6) is -0.259. The van der Waals surface area contributed by atoms with Crippen LogP contribution in [-0.4, -0.2) is 36.5 Å². The van der Waals surface area contributed by atoms with E-state index in [1.165, 1.54) is 6.92 Å². The Balaban J connectivity index is 2.40. The van der Waals surface area contributed by atoms with Gasteiger partial charge in [0, 0.05) is 26.9 Å². The highest BCUT2D eigenvalue weighted by Crippen LogP contribution is 2.13. The largest absolute Gasteiger partial charge is 0.462 e. The number of likely N-dealkylation sites (tertiary alicyclic amines) is 1. The first-order valence-corrected chi connectivity index (χ1v) is 4.01. The third kappa shape index (κ3) is 2.22. The number of esters is 1. The average Bonchev–Trinajstić information content (AvgIpc) is 1.96. The van der Waals surface area contributed by atoms with Crippen LogP contribution in [0.1, 0.15) is 19.8 Å². The Morgan fingerprint density at radius 3 is 2.83 bits per heavy atom. The fourth-order valence-electron chi connectivity index (χ4n) is 1.25. The van der Waals surface area contributed by atoms with E-state index in [1.54, 1.807) is 11.9 Å². The SMILES string of the molecule is CC(=O)OC1CCN(C)C(=O)C1. The maximum atomic E-state index is 11.1. The number of rotatable bonds is 1.